The Hall–Kier alpha value is -2.27. The van der Waals surface area contributed by atoms with Crippen molar-refractivity contribution in [1.82, 2.24) is 4.98 Å². The smallest absolute Gasteiger partial charge is 0.340 e. The summed E-state index contributed by atoms with van der Waals surface area (Å²) < 4.78 is 4.75. The number of carbonyl (C=O) groups excluding carboxylic acids is 1. The fourth-order valence-corrected chi connectivity index (χ4v) is 2.23. The first-order chi connectivity index (χ1) is 10.1. The number of nitrogen functional groups attached to an aromatic ring is 1. The summed E-state index contributed by atoms with van der Waals surface area (Å²) in [5, 5.41) is 3.53. The van der Waals surface area contributed by atoms with Gasteiger partial charge < -0.3 is 15.8 Å². The number of ether oxygens (including phenoxy) is 1. The lowest BCUT2D eigenvalue weighted by Crippen LogP contribution is -2.12. The molecule has 0 fully saturated rings. The average molecular weight is 306 g/mol. The topological polar surface area (TPSA) is 77.2 Å². The van der Waals surface area contributed by atoms with E-state index in [-0.39, 0.29) is 0 Å². The first kappa shape index (κ1) is 15.1. The molecule has 1 aromatic carbocycles. The predicted octanol–water partition coefficient (Wildman–Crippen LogP) is 2.76. The van der Waals surface area contributed by atoms with Crippen molar-refractivity contribution in [3.05, 3.63) is 52.8 Å². The summed E-state index contributed by atoms with van der Waals surface area (Å²) in [5.74, 6) is -0.482. The molecule has 0 saturated heterocycles. The highest BCUT2D eigenvalue weighted by molar-refractivity contribution is 6.34. The Balaban J connectivity index is 2.13. The van der Waals surface area contributed by atoms with Crippen LogP contribution >= 0.6 is 11.6 Å². The van der Waals surface area contributed by atoms with Gasteiger partial charge >= 0.3 is 5.97 Å². The van der Waals surface area contributed by atoms with Gasteiger partial charge in [0, 0.05) is 30.5 Å². The van der Waals surface area contributed by atoms with E-state index in [9.17, 15) is 4.79 Å². The molecule has 2 aromatic rings. The molecule has 0 atom stereocenters. The van der Waals surface area contributed by atoms with Crippen LogP contribution in [0.1, 0.15) is 16.1 Å². The van der Waals surface area contributed by atoms with E-state index in [2.05, 4.69) is 10.3 Å². The summed E-state index contributed by atoms with van der Waals surface area (Å²) in [6.07, 6.45) is 2.45. The molecule has 0 unspecified atom stereocenters. The van der Waals surface area contributed by atoms with Gasteiger partial charge in [-0.3, -0.25) is 4.98 Å². The van der Waals surface area contributed by atoms with Crippen molar-refractivity contribution in [1.29, 1.82) is 0 Å². The van der Waals surface area contributed by atoms with Crippen molar-refractivity contribution in [2.24, 2.45) is 0 Å². The number of hydrogen-bond acceptors (Lipinski definition) is 5. The Labute approximate surface area is 128 Å². The van der Waals surface area contributed by atoms with Crippen molar-refractivity contribution < 1.29 is 9.53 Å². The number of anilines is 2. The number of nitrogens with zero attached hydrogens (tertiary/aromatic N) is 1. The fraction of sp³-hybridized carbons (Fsp3) is 0.200. The number of methoxy groups -OCH3 is 1. The SMILES string of the molecule is COC(=O)c1cc(N)cc(Cl)c1NCCc1ccccn1. The molecule has 2 rings (SSSR count). The molecule has 0 spiro atoms. The van der Waals surface area contributed by atoms with E-state index in [1.165, 1.54) is 7.11 Å². The van der Waals surface area contributed by atoms with Gasteiger partial charge in [-0.15, -0.1) is 0 Å². The molecular weight excluding hydrogens is 290 g/mol. The summed E-state index contributed by atoms with van der Waals surface area (Å²) in [6, 6.07) is 8.87. The van der Waals surface area contributed by atoms with Crippen LogP contribution in [0.3, 0.4) is 0 Å². The number of nitrogens with one attached hydrogen (secondary N) is 1. The molecule has 0 aliphatic carbocycles. The van der Waals surface area contributed by atoms with Crippen molar-refractivity contribution in [3.8, 4) is 0 Å². The van der Waals surface area contributed by atoms with Gasteiger partial charge in [0.15, 0.2) is 0 Å². The normalized spacial score (nSPS) is 10.2. The van der Waals surface area contributed by atoms with Gasteiger partial charge in [0.2, 0.25) is 0 Å². The third-order valence-corrected chi connectivity index (χ3v) is 3.23. The van der Waals surface area contributed by atoms with E-state index >= 15 is 0 Å². The number of carbonyl (C=O) groups is 1. The van der Waals surface area contributed by atoms with E-state index in [1.807, 2.05) is 18.2 Å². The third-order valence-electron chi connectivity index (χ3n) is 2.93. The molecule has 3 N–H and O–H groups in total. The van der Waals surface area contributed by atoms with Gasteiger partial charge in [0.05, 0.1) is 23.4 Å². The zero-order valence-electron chi connectivity index (χ0n) is 11.6. The Kier molecular flexibility index (Phi) is 5.00. The van der Waals surface area contributed by atoms with E-state index in [0.717, 1.165) is 5.69 Å². The molecular formula is C15H16ClN3O2. The van der Waals surface area contributed by atoms with Gasteiger partial charge in [-0.05, 0) is 24.3 Å². The maximum absolute atomic E-state index is 11.8. The lowest BCUT2D eigenvalue weighted by Gasteiger charge is -2.13. The molecule has 0 bridgehead atoms. The van der Waals surface area contributed by atoms with Gasteiger partial charge in [0.1, 0.15) is 0 Å². The average Bonchev–Trinajstić information content (AvgIpc) is 2.49. The number of hydrogen-bond donors (Lipinski definition) is 2. The highest BCUT2D eigenvalue weighted by atomic mass is 35.5. The van der Waals surface area contributed by atoms with Crippen LogP contribution in [0.25, 0.3) is 0 Å². The summed E-state index contributed by atoms with van der Waals surface area (Å²) in [5.41, 5.74) is 7.92. The molecule has 0 amide bonds. The van der Waals surface area contributed by atoms with Crippen molar-refractivity contribution in [2.45, 2.75) is 6.42 Å². The highest BCUT2D eigenvalue weighted by Crippen LogP contribution is 2.29. The minimum Gasteiger partial charge on any atom is -0.465 e. The molecule has 0 aliphatic rings. The van der Waals surface area contributed by atoms with Crippen molar-refractivity contribution in [3.63, 3.8) is 0 Å². The second-order valence-electron chi connectivity index (χ2n) is 4.41. The fourth-order valence-electron chi connectivity index (χ4n) is 1.94. The number of esters is 1. The Morgan fingerprint density at radius 2 is 2.24 bits per heavy atom. The number of aromatic nitrogens is 1. The van der Waals surface area contributed by atoms with Crippen LogP contribution in [0.5, 0.6) is 0 Å². The van der Waals surface area contributed by atoms with E-state index in [0.29, 0.717) is 34.9 Å². The molecule has 110 valence electrons. The second-order valence-corrected chi connectivity index (χ2v) is 4.82. The predicted molar refractivity (Wildman–Crippen MR) is 83.6 cm³/mol. The Bertz CT molecular complexity index is 632. The number of halogens is 1. The van der Waals surface area contributed by atoms with Crippen LogP contribution in [0.15, 0.2) is 36.5 Å². The number of nitrogens with two attached hydrogens (primary N) is 1. The van der Waals surface area contributed by atoms with Crippen LogP contribution in [0.2, 0.25) is 5.02 Å². The maximum atomic E-state index is 11.8. The van der Waals surface area contributed by atoms with Crippen LogP contribution in [0.4, 0.5) is 11.4 Å². The molecule has 1 heterocycles. The zero-order chi connectivity index (χ0) is 15.2. The number of rotatable bonds is 5. The highest BCUT2D eigenvalue weighted by Gasteiger charge is 2.16. The second kappa shape index (κ2) is 6.95. The monoisotopic (exact) mass is 305 g/mol. The maximum Gasteiger partial charge on any atom is 0.340 e. The molecule has 0 saturated carbocycles. The molecule has 6 heteroatoms. The van der Waals surface area contributed by atoms with E-state index < -0.39 is 5.97 Å². The summed E-state index contributed by atoms with van der Waals surface area (Å²) in [7, 11) is 1.32. The van der Waals surface area contributed by atoms with Crippen LogP contribution in [-0.4, -0.2) is 24.6 Å². The quantitative estimate of drug-likeness (QED) is 0.656. The van der Waals surface area contributed by atoms with Gasteiger partial charge in [-0.2, -0.15) is 0 Å². The lowest BCUT2D eigenvalue weighted by molar-refractivity contribution is 0.0602. The minimum absolute atomic E-state index is 0.323. The van der Waals surface area contributed by atoms with Crippen molar-refractivity contribution in [2.75, 3.05) is 24.7 Å². The van der Waals surface area contributed by atoms with Crippen molar-refractivity contribution >= 4 is 28.9 Å². The van der Waals surface area contributed by atoms with Gasteiger partial charge in [-0.25, -0.2) is 4.79 Å². The van der Waals surface area contributed by atoms with Crippen LogP contribution < -0.4 is 11.1 Å². The molecule has 21 heavy (non-hydrogen) atoms. The standard InChI is InChI=1S/C15H16ClN3O2/c1-21-15(20)12-8-10(17)9-13(16)14(12)19-7-5-11-4-2-3-6-18-11/h2-4,6,8-9,19H,5,7,17H2,1H3. The minimum atomic E-state index is -0.482. The van der Waals surface area contributed by atoms with Crippen LogP contribution in [0, 0.1) is 0 Å². The molecule has 1 aromatic heterocycles. The zero-order valence-corrected chi connectivity index (χ0v) is 12.4. The van der Waals surface area contributed by atoms with E-state index in [4.69, 9.17) is 22.1 Å². The Morgan fingerprint density at radius 1 is 1.43 bits per heavy atom. The van der Waals surface area contributed by atoms with Crippen LogP contribution in [-0.2, 0) is 11.2 Å². The largest absolute Gasteiger partial charge is 0.465 e. The summed E-state index contributed by atoms with van der Waals surface area (Å²) >= 11 is 6.15. The summed E-state index contributed by atoms with van der Waals surface area (Å²) in [4.78, 5) is 16.0. The lowest BCUT2D eigenvalue weighted by atomic mass is 10.1. The third kappa shape index (κ3) is 3.86. The van der Waals surface area contributed by atoms with Gasteiger partial charge in [0.25, 0.3) is 0 Å². The van der Waals surface area contributed by atoms with Gasteiger partial charge in [-0.1, -0.05) is 17.7 Å². The molecule has 0 aliphatic heterocycles. The first-order valence-corrected chi connectivity index (χ1v) is 6.80. The summed E-state index contributed by atoms with van der Waals surface area (Å²) in [6.45, 7) is 0.588. The van der Waals surface area contributed by atoms with E-state index in [1.54, 1.807) is 18.3 Å². The number of benzene rings is 1. The molecule has 5 nitrogen and oxygen atoms in total. The first-order valence-electron chi connectivity index (χ1n) is 6.43. The number of pyridine rings is 1. The molecule has 0 radical (unpaired) electrons. The Morgan fingerprint density at radius 3 is 2.90 bits per heavy atom.